The molecule has 2 aliphatic rings. The number of hydrogen-bond donors (Lipinski definition) is 1. The minimum atomic E-state index is -0.227. The van der Waals surface area contributed by atoms with Gasteiger partial charge in [-0.15, -0.1) is 0 Å². The zero-order valence-corrected chi connectivity index (χ0v) is 14.2. The molecule has 2 heterocycles. The molecular weight excluding hydrogens is 324 g/mol. The summed E-state index contributed by atoms with van der Waals surface area (Å²) in [4.78, 5) is 40.4. The van der Waals surface area contributed by atoms with Gasteiger partial charge in [0.05, 0.1) is 13.2 Å². The highest BCUT2D eigenvalue weighted by molar-refractivity contribution is 5.97. The van der Waals surface area contributed by atoms with Crippen molar-refractivity contribution in [3.05, 3.63) is 24.3 Å². The third-order valence-corrected chi connectivity index (χ3v) is 4.57. The standard InChI is InChI=1S/C17H22N4O4/c1-25-15-4-2-3-14(10-15)21-11-13(9-16(21)23)18-17(24)20-7-5-19(12-22)6-8-20/h2-4,10,12-13H,5-9,11H2,1H3,(H,18,24). The molecule has 0 aromatic heterocycles. The van der Waals surface area contributed by atoms with E-state index >= 15 is 0 Å². The fourth-order valence-electron chi connectivity index (χ4n) is 3.13. The SMILES string of the molecule is COc1cccc(N2CC(NC(=O)N3CCN(C=O)CC3)CC2=O)c1. The first-order valence-electron chi connectivity index (χ1n) is 8.30. The van der Waals surface area contributed by atoms with E-state index in [1.165, 1.54) is 0 Å². The van der Waals surface area contributed by atoms with Gasteiger partial charge in [0.25, 0.3) is 0 Å². The van der Waals surface area contributed by atoms with Gasteiger partial charge in [0.1, 0.15) is 5.75 Å². The van der Waals surface area contributed by atoms with Crippen LogP contribution in [0.3, 0.4) is 0 Å². The normalized spacial score (nSPS) is 20.6. The van der Waals surface area contributed by atoms with Crippen molar-refractivity contribution in [2.45, 2.75) is 12.5 Å². The quantitative estimate of drug-likeness (QED) is 0.794. The molecule has 4 amide bonds. The number of methoxy groups -OCH3 is 1. The second-order valence-electron chi connectivity index (χ2n) is 6.18. The minimum absolute atomic E-state index is 0.0238. The average molecular weight is 346 g/mol. The van der Waals surface area contributed by atoms with Gasteiger partial charge in [0.15, 0.2) is 0 Å². The fraction of sp³-hybridized carbons (Fsp3) is 0.471. The molecule has 8 nitrogen and oxygen atoms in total. The number of piperazine rings is 1. The van der Waals surface area contributed by atoms with Gasteiger partial charge < -0.3 is 24.8 Å². The lowest BCUT2D eigenvalue weighted by atomic mass is 10.2. The molecular formula is C17H22N4O4. The van der Waals surface area contributed by atoms with Gasteiger partial charge in [-0.05, 0) is 12.1 Å². The van der Waals surface area contributed by atoms with Crippen LogP contribution in [0.1, 0.15) is 6.42 Å². The first-order chi connectivity index (χ1) is 12.1. The molecule has 1 unspecified atom stereocenters. The van der Waals surface area contributed by atoms with Crippen LogP contribution < -0.4 is 15.0 Å². The highest BCUT2D eigenvalue weighted by atomic mass is 16.5. The predicted octanol–water partition coefficient (Wildman–Crippen LogP) is 0.284. The second-order valence-corrected chi connectivity index (χ2v) is 6.18. The zero-order chi connectivity index (χ0) is 17.8. The van der Waals surface area contributed by atoms with E-state index in [1.807, 2.05) is 18.2 Å². The predicted molar refractivity (Wildman–Crippen MR) is 91.5 cm³/mol. The summed E-state index contributed by atoms with van der Waals surface area (Å²) in [6, 6.07) is 6.90. The van der Waals surface area contributed by atoms with Gasteiger partial charge in [-0.2, -0.15) is 0 Å². The topological polar surface area (TPSA) is 82.2 Å². The first-order valence-corrected chi connectivity index (χ1v) is 8.30. The Morgan fingerprint density at radius 1 is 1.28 bits per heavy atom. The Labute approximate surface area is 146 Å². The monoisotopic (exact) mass is 346 g/mol. The summed E-state index contributed by atoms with van der Waals surface area (Å²) in [5.41, 5.74) is 0.765. The molecule has 1 atom stereocenters. The molecule has 0 radical (unpaired) electrons. The molecule has 0 saturated carbocycles. The third kappa shape index (κ3) is 3.84. The second kappa shape index (κ2) is 7.42. The van der Waals surface area contributed by atoms with E-state index in [0.29, 0.717) is 38.5 Å². The fourth-order valence-corrected chi connectivity index (χ4v) is 3.13. The molecule has 2 aliphatic heterocycles. The van der Waals surface area contributed by atoms with Crippen molar-refractivity contribution < 1.29 is 19.1 Å². The molecule has 8 heteroatoms. The summed E-state index contributed by atoms with van der Waals surface area (Å²) in [6.07, 6.45) is 1.08. The Bertz CT molecular complexity index is 658. The van der Waals surface area contributed by atoms with Gasteiger partial charge in [0, 0.05) is 50.9 Å². The molecule has 1 N–H and O–H groups in total. The number of nitrogens with one attached hydrogen (secondary N) is 1. The Kier molecular flexibility index (Phi) is 5.06. The van der Waals surface area contributed by atoms with E-state index < -0.39 is 0 Å². The maximum absolute atomic E-state index is 12.4. The van der Waals surface area contributed by atoms with Crippen LogP contribution in [0.5, 0.6) is 5.75 Å². The van der Waals surface area contributed by atoms with Crippen LogP contribution in [-0.2, 0) is 9.59 Å². The molecule has 25 heavy (non-hydrogen) atoms. The van der Waals surface area contributed by atoms with E-state index in [1.54, 1.807) is 27.9 Å². The lowest BCUT2D eigenvalue weighted by Crippen LogP contribution is -2.53. The molecule has 0 aliphatic carbocycles. The summed E-state index contributed by atoms with van der Waals surface area (Å²) in [5, 5.41) is 2.93. The van der Waals surface area contributed by atoms with E-state index in [0.717, 1.165) is 12.1 Å². The molecule has 2 fully saturated rings. The van der Waals surface area contributed by atoms with Crippen molar-refractivity contribution in [2.75, 3.05) is 44.7 Å². The number of anilines is 1. The van der Waals surface area contributed by atoms with Gasteiger partial charge in [-0.25, -0.2) is 4.79 Å². The summed E-state index contributed by atoms with van der Waals surface area (Å²) in [6.45, 7) is 2.52. The number of rotatable bonds is 4. The number of urea groups is 1. The molecule has 134 valence electrons. The maximum Gasteiger partial charge on any atom is 0.317 e. The van der Waals surface area contributed by atoms with Crippen molar-refractivity contribution in [3.63, 3.8) is 0 Å². The summed E-state index contributed by atoms with van der Waals surface area (Å²) < 4.78 is 5.20. The number of carbonyl (C=O) groups is 3. The van der Waals surface area contributed by atoms with Crippen LogP contribution in [0.15, 0.2) is 24.3 Å². The smallest absolute Gasteiger partial charge is 0.317 e. The van der Waals surface area contributed by atoms with Gasteiger partial charge >= 0.3 is 6.03 Å². The average Bonchev–Trinajstić information content (AvgIpc) is 3.02. The van der Waals surface area contributed by atoms with Crippen molar-refractivity contribution in [2.24, 2.45) is 0 Å². The van der Waals surface area contributed by atoms with Crippen LogP contribution in [0.25, 0.3) is 0 Å². The maximum atomic E-state index is 12.4. The van der Waals surface area contributed by atoms with E-state index in [2.05, 4.69) is 5.32 Å². The number of hydrogen-bond acceptors (Lipinski definition) is 4. The Morgan fingerprint density at radius 3 is 2.72 bits per heavy atom. The van der Waals surface area contributed by atoms with Gasteiger partial charge in [-0.1, -0.05) is 6.07 Å². The van der Waals surface area contributed by atoms with Crippen LogP contribution in [0.2, 0.25) is 0 Å². The highest BCUT2D eigenvalue weighted by Crippen LogP contribution is 2.25. The lowest BCUT2D eigenvalue weighted by molar-refractivity contribution is -0.119. The molecule has 3 rings (SSSR count). The highest BCUT2D eigenvalue weighted by Gasteiger charge is 2.33. The Hall–Kier alpha value is -2.77. The lowest BCUT2D eigenvalue weighted by Gasteiger charge is -2.33. The largest absolute Gasteiger partial charge is 0.497 e. The van der Waals surface area contributed by atoms with E-state index in [9.17, 15) is 14.4 Å². The van der Waals surface area contributed by atoms with Crippen molar-refractivity contribution >= 4 is 24.0 Å². The van der Waals surface area contributed by atoms with Crippen molar-refractivity contribution in [3.8, 4) is 5.75 Å². The Morgan fingerprint density at radius 2 is 2.04 bits per heavy atom. The number of carbonyl (C=O) groups excluding carboxylic acids is 3. The molecule has 2 saturated heterocycles. The Balaban J connectivity index is 1.57. The van der Waals surface area contributed by atoms with E-state index in [-0.39, 0.29) is 24.4 Å². The summed E-state index contributed by atoms with van der Waals surface area (Å²) in [7, 11) is 1.58. The zero-order valence-electron chi connectivity index (χ0n) is 14.2. The van der Waals surface area contributed by atoms with Gasteiger partial charge in [0.2, 0.25) is 12.3 Å². The van der Waals surface area contributed by atoms with Crippen molar-refractivity contribution in [1.82, 2.24) is 15.1 Å². The first kappa shape index (κ1) is 17.1. The van der Waals surface area contributed by atoms with Gasteiger partial charge in [-0.3, -0.25) is 9.59 Å². The molecule has 0 spiro atoms. The molecule has 1 aromatic carbocycles. The van der Waals surface area contributed by atoms with Crippen LogP contribution in [0, 0.1) is 0 Å². The number of ether oxygens (including phenoxy) is 1. The summed E-state index contributed by atoms with van der Waals surface area (Å²) in [5.74, 6) is 0.662. The van der Waals surface area contributed by atoms with Crippen LogP contribution in [0.4, 0.5) is 10.5 Å². The number of benzene rings is 1. The molecule has 0 bridgehead atoms. The molecule has 1 aromatic rings. The number of amides is 4. The van der Waals surface area contributed by atoms with Crippen LogP contribution in [-0.4, -0.2) is 74.0 Å². The van der Waals surface area contributed by atoms with Crippen LogP contribution >= 0.6 is 0 Å². The minimum Gasteiger partial charge on any atom is -0.497 e. The van der Waals surface area contributed by atoms with Crippen molar-refractivity contribution in [1.29, 1.82) is 0 Å². The van der Waals surface area contributed by atoms with E-state index in [4.69, 9.17) is 4.74 Å². The third-order valence-electron chi connectivity index (χ3n) is 4.57. The summed E-state index contributed by atoms with van der Waals surface area (Å²) >= 11 is 0. The number of nitrogens with zero attached hydrogens (tertiary/aromatic N) is 3.